The average Bonchev–Trinajstić information content (AvgIpc) is 2.92. The lowest BCUT2D eigenvalue weighted by Gasteiger charge is -2.29. The molecule has 38 heavy (non-hydrogen) atoms. The Morgan fingerprint density at radius 1 is 0.921 bits per heavy atom. The highest BCUT2D eigenvalue weighted by Gasteiger charge is 2.22. The van der Waals surface area contributed by atoms with E-state index in [1.54, 1.807) is 6.20 Å². The lowest BCUT2D eigenvalue weighted by atomic mass is 9.88. The molecule has 5 rings (SSSR count). The molecule has 3 aromatic rings. The molecule has 2 N–H and O–H groups in total. The summed E-state index contributed by atoms with van der Waals surface area (Å²) in [5.41, 5.74) is 4.53. The quantitative estimate of drug-likeness (QED) is 0.279. The number of benzene rings is 1. The topological polar surface area (TPSA) is 57.8 Å². The number of nitrogens with one attached hydrogen (secondary N) is 2. The molecule has 2 heterocycles. The maximum atomic E-state index is 13.2. The van der Waals surface area contributed by atoms with Crippen molar-refractivity contribution in [1.29, 1.82) is 0 Å². The number of hydrogen-bond acceptors (Lipinski definition) is 3. The molecule has 0 spiro atoms. The van der Waals surface area contributed by atoms with Gasteiger partial charge in [-0.2, -0.15) is 0 Å². The minimum absolute atomic E-state index is 0.0341. The van der Waals surface area contributed by atoms with Crippen molar-refractivity contribution in [1.82, 2.24) is 9.97 Å². The van der Waals surface area contributed by atoms with E-state index in [9.17, 15) is 4.79 Å². The van der Waals surface area contributed by atoms with Gasteiger partial charge in [-0.25, -0.2) is 4.98 Å². The molecule has 2 aliphatic carbocycles. The standard InChI is InChI=1S/C34H37N3O/c1-23(34(2,3)4)36-32-28-20-18-26(16-15-24-11-7-5-8-12-24)21-29(28)30-31(37-32)27(22-35-33(30)38)19-17-25-13-9-6-10-14-25/h11,13,18,20-23H,5-10,12,14H2,1-4H3,(H,35,38)(H,36,37). The third-order valence-electron chi connectivity index (χ3n) is 7.79. The van der Waals surface area contributed by atoms with Crippen molar-refractivity contribution in [2.24, 2.45) is 5.41 Å². The smallest absolute Gasteiger partial charge is 0.258 e. The molecule has 2 aromatic heterocycles. The number of allylic oxidation sites excluding steroid dienone is 4. The molecule has 0 aliphatic heterocycles. The average molecular weight is 504 g/mol. The lowest BCUT2D eigenvalue weighted by molar-refractivity contribution is 0.359. The van der Waals surface area contributed by atoms with Crippen LogP contribution in [0.15, 0.2) is 52.5 Å². The number of anilines is 1. The molecule has 0 saturated heterocycles. The van der Waals surface area contributed by atoms with Crippen LogP contribution in [-0.2, 0) is 0 Å². The van der Waals surface area contributed by atoms with Gasteiger partial charge < -0.3 is 10.3 Å². The van der Waals surface area contributed by atoms with E-state index in [2.05, 4.69) is 73.8 Å². The zero-order valence-corrected chi connectivity index (χ0v) is 23.1. The van der Waals surface area contributed by atoms with Gasteiger partial charge in [-0.15, -0.1) is 0 Å². The molecule has 0 fully saturated rings. The van der Waals surface area contributed by atoms with Crippen LogP contribution < -0.4 is 10.9 Å². The minimum atomic E-state index is -0.157. The molecule has 0 radical (unpaired) electrons. The van der Waals surface area contributed by atoms with Crippen molar-refractivity contribution in [3.05, 3.63) is 69.2 Å². The predicted molar refractivity (Wildman–Crippen MR) is 159 cm³/mol. The van der Waals surface area contributed by atoms with Crippen molar-refractivity contribution < 1.29 is 0 Å². The summed E-state index contributed by atoms with van der Waals surface area (Å²) in [6.07, 6.45) is 15.3. The van der Waals surface area contributed by atoms with E-state index in [1.165, 1.54) is 36.8 Å². The van der Waals surface area contributed by atoms with Crippen molar-refractivity contribution in [3.8, 4) is 23.7 Å². The van der Waals surface area contributed by atoms with Crippen LogP contribution in [0.1, 0.15) is 90.2 Å². The zero-order chi connectivity index (χ0) is 26.7. The van der Waals surface area contributed by atoms with E-state index in [0.29, 0.717) is 10.9 Å². The first kappa shape index (κ1) is 25.9. The Kier molecular flexibility index (Phi) is 7.44. The molecule has 2 aliphatic rings. The third kappa shape index (κ3) is 5.71. The summed E-state index contributed by atoms with van der Waals surface area (Å²) in [7, 11) is 0. The van der Waals surface area contributed by atoms with Crippen LogP contribution in [0.4, 0.5) is 5.82 Å². The van der Waals surface area contributed by atoms with Crippen LogP contribution in [0, 0.1) is 29.1 Å². The van der Waals surface area contributed by atoms with E-state index in [0.717, 1.165) is 53.4 Å². The largest absolute Gasteiger partial charge is 0.367 e. The highest BCUT2D eigenvalue weighted by atomic mass is 16.1. The lowest BCUT2D eigenvalue weighted by Crippen LogP contribution is -2.31. The molecule has 0 bridgehead atoms. The van der Waals surface area contributed by atoms with Gasteiger partial charge in [0.25, 0.3) is 5.56 Å². The maximum Gasteiger partial charge on any atom is 0.258 e. The van der Waals surface area contributed by atoms with Gasteiger partial charge in [0.2, 0.25) is 0 Å². The SMILES string of the molecule is CC(Nc1nc2c(C#CC3=CCCCC3)c[nH]c(=O)c2c2cc(C#CC3=CCCCC3)ccc12)C(C)(C)C. The van der Waals surface area contributed by atoms with Gasteiger partial charge in [0, 0.05) is 28.6 Å². The Hall–Kier alpha value is -3.76. The van der Waals surface area contributed by atoms with Crippen molar-refractivity contribution in [2.45, 2.75) is 85.1 Å². The number of rotatable bonds is 2. The molecular weight excluding hydrogens is 466 g/mol. The number of H-pyrrole nitrogens is 1. The van der Waals surface area contributed by atoms with Crippen LogP contribution in [0.3, 0.4) is 0 Å². The summed E-state index contributed by atoms with van der Waals surface area (Å²) < 4.78 is 0. The number of fused-ring (bicyclic) bond motifs is 3. The van der Waals surface area contributed by atoms with Gasteiger partial charge in [-0.3, -0.25) is 4.79 Å². The Balaban J connectivity index is 1.70. The van der Waals surface area contributed by atoms with E-state index >= 15 is 0 Å². The Bertz CT molecular complexity index is 1620. The summed E-state index contributed by atoms with van der Waals surface area (Å²) in [5, 5.41) is 5.98. The third-order valence-corrected chi connectivity index (χ3v) is 7.79. The van der Waals surface area contributed by atoms with Gasteiger partial charge in [0.15, 0.2) is 0 Å². The van der Waals surface area contributed by atoms with Gasteiger partial charge in [0.05, 0.1) is 16.5 Å². The summed E-state index contributed by atoms with van der Waals surface area (Å²) in [6.45, 7) is 8.80. The fourth-order valence-corrected chi connectivity index (χ4v) is 4.92. The van der Waals surface area contributed by atoms with E-state index in [4.69, 9.17) is 4.98 Å². The predicted octanol–water partition coefficient (Wildman–Crippen LogP) is 7.63. The van der Waals surface area contributed by atoms with Gasteiger partial charge in [-0.05, 0) is 93.1 Å². The first-order chi connectivity index (χ1) is 18.3. The number of aromatic amines is 1. The molecule has 1 aromatic carbocycles. The summed E-state index contributed by atoms with van der Waals surface area (Å²) in [4.78, 5) is 21.2. The van der Waals surface area contributed by atoms with Crippen molar-refractivity contribution >= 4 is 27.5 Å². The first-order valence-electron chi connectivity index (χ1n) is 14.0. The Morgan fingerprint density at radius 3 is 2.24 bits per heavy atom. The summed E-state index contributed by atoms with van der Waals surface area (Å²) >= 11 is 0. The molecule has 1 atom stereocenters. The van der Waals surface area contributed by atoms with Crippen LogP contribution in [0.25, 0.3) is 21.7 Å². The number of hydrogen-bond donors (Lipinski definition) is 2. The minimum Gasteiger partial charge on any atom is -0.367 e. The van der Waals surface area contributed by atoms with E-state index in [-0.39, 0.29) is 17.0 Å². The van der Waals surface area contributed by atoms with Crippen LogP contribution in [0.2, 0.25) is 0 Å². The molecule has 0 amide bonds. The van der Waals surface area contributed by atoms with Gasteiger partial charge >= 0.3 is 0 Å². The van der Waals surface area contributed by atoms with E-state index in [1.807, 2.05) is 18.2 Å². The second-order valence-corrected chi connectivity index (χ2v) is 11.7. The maximum absolute atomic E-state index is 13.2. The second-order valence-electron chi connectivity index (χ2n) is 11.7. The molecular formula is C34H37N3O. The normalized spacial score (nSPS) is 16.5. The molecule has 4 heteroatoms. The fourth-order valence-electron chi connectivity index (χ4n) is 4.92. The summed E-state index contributed by atoms with van der Waals surface area (Å²) in [5.74, 6) is 14.2. The van der Waals surface area contributed by atoms with Crippen molar-refractivity contribution in [3.63, 3.8) is 0 Å². The number of nitrogens with zero attached hydrogens (tertiary/aromatic N) is 1. The van der Waals surface area contributed by atoms with Gasteiger partial charge in [-0.1, -0.05) is 56.6 Å². The number of pyridine rings is 2. The summed E-state index contributed by atoms with van der Waals surface area (Å²) in [6, 6.07) is 6.28. The second kappa shape index (κ2) is 10.9. The fraction of sp³-hybridized carbons (Fsp3) is 0.412. The molecule has 1 unspecified atom stereocenters. The Morgan fingerprint density at radius 2 is 1.61 bits per heavy atom. The van der Waals surface area contributed by atoms with Crippen LogP contribution in [0.5, 0.6) is 0 Å². The highest BCUT2D eigenvalue weighted by Crippen LogP contribution is 2.32. The molecule has 194 valence electrons. The highest BCUT2D eigenvalue weighted by molar-refractivity contribution is 6.11. The monoisotopic (exact) mass is 503 g/mol. The van der Waals surface area contributed by atoms with E-state index < -0.39 is 0 Å². The van der Waals surface area contributed by atoms with Crippen molar-refractivity contribution in [2.75, 3.05) is 5.32 Å². The van der Waals surface area contributed by atoms with Crippen LogP contribution in [-0.4, -0.2) is 16.0 Å². The first-order valence-corrected chi connectivity index (χ1v) is 14.0. The molecule has 4 nitrogen and oxygen atoms in total. The number of aromatic nitrogens is 2. The zero-order valence-electron chi connectivity index (χ0n) is 23.1. The Labute approximate surface area is 226 Å². The van der Waals surface area contributed by atoms with Gasteiger partial charge in [0.1, 0.15) is 5.82 Å². The molecule has 0 saturated carbocycles. The van der Waals surface area contributed by atoms with Crippen LogP contribution >= 0.6 is 0 Å².